The molecule has 0 unspecified atom stereocenters. The molecule has 100 valence electrons. The highest BCUT2D eigenvalue weighted by Gasteiger charge is 2.11. The van der Waals surface area contributed by atoms with Crippen molar-refractivity contribution in [2.24, 2.45) is 0 Å². The molecule has 0 saturated heterocycles. The molecule has 0 radical (unpaired) electrons. The summed E-state index contributed by atoms with van der Waals surface area (Å²) >= 11 is 0. The van der Waals surface area contributed by atoms with Crippen molar-refractivity contribution in [1.29, 1.82) is 0 Å². The SMILES string of the molecule is Nc1cccc(CNC(=O)c2cc3ccccc3o2)c1. The van der Waals surface area contributed by atoms with E-state index in [-0.39, 0.29) is 5.91 Å². The van der Waals surface area contributed by atoms with E-state index in [0.29, 0.717) is 23.6 Å². The first kappa shape index (κ1) is 12.3. The average molecular weight is 266 g/mol. The quantitative estimate of drug-likeness (QED) is 0.716. The molecular formula is C16H14N2O2. The molecule has 0 spiro atoms. The first-order chi connectivity index (χ1) is 9.72. The number of fused-ring (bicyclic) bond motifs is 1. The minimum Gasteiger partial charge on any atom is -0.451 e. The molecule has 1 heterocycles. The molecule has 0 aliphatic carbocycles. The lowest BCUT2D eigenvalue weighted by Gasteiger charge is -2.04. The van der Waals surface area contributed by atoms with Crippen molar-refractivity contribution in [2.45, 2.75) is 6.54 Å². The topological polar surface area (TPSA) is 68.3 Å². The molecular weight excluding hydrogens is 252 g/mol. The Balaban J connectivity index is 1.73. The van der Waals surface area contributed by atoms with E-state index in [1.165, 1.54) is 0 Å². The van der Waals surface area contributed by atoms with Crippen LogP contribution >= 0.6 is 0 Å². The van der Waals surface area contributed by atoms with Gasteiger partial charge in [0, 0.05) is 17.6 Å². The lowest BCUT2D eigenvalue weighted by atomic mass is 10.2. The summed E-state index contributed by atoms with van der Waals surface area (Å²) in [5.74, 6) is 0.0822. The molecule has 1 aromatic heterocycles. The van der Waals surface area contributed by atoms with Gasteiger partial charge >= 0.3 is 0 Å². The second kappa shape index (κ2) is 5.09. The van der Waals surface area contributed by atoms with E-state index >= 15 is 0 Å². The number of rotatable bonds is 3. The van der Waals surface area contributed by atoms with Crippen molar-refractivity contribution in [3.05, 3.63) is 65.9 Å². The zero-order valence-corrected chi connectivity index (χ0v) is 10.8. The highest BCUT2D eigenvalue weighted by Crippen LogP contribution is 2.18. The number of amides is 1. The van der Waals surface area contributed by atoms with E-state index < -0.39 is 0 Å². The fourth-order valence-corrected chi connectivity index (χ4v) is 2.07. The summed E-state index contributed by atoms with van der Waals surface area (Å²) in [4.78, 5) is 12.0. The number of hydrogen-bond acceptors (Lipinski definition) is 3. The molecule has 3 N–H and O–H groups in total. The van der Waals surface area contributed by atoms with Crippen LogP contribution in [0.2, 0.25) is 0 Å². The number of para-hydroxylation sites is 1. The molecule has 0 aliphatic rings. The highest BCUT2D eigenvalue weighted by atomic mass is 16.3. The predicted molar refractivity (Wildman–Crippen MR) is 78.2 cm³/mol. The van der Waals surface area contributed by atoms with Crippen LogP contribution in [-0.4, -0.2) is 5.91 Å². The lowest BCUT2D eigenvalue weighted by Crippen LogP contribution is -2.22. The van der Waals surface area contributed by atoms with Gasteiger partial charge in [-0.25, -0.2) is 0 Å². The number of nitrogens with one attached hydrogen (secondary N) is 1. The molecule has 0 atom stereocenters. The molecule has 3 rings (SSSR count). The van der Waals surface area contributed by atoms with Crippen molar-refractivity contribution in [3.8, 4) is 0 Å². The van der Waals surface area contributed by atoms with E-state index in [4.69, 9.17) is 10.2 Å². The summed E-state index contributed by atoms with van der Waals surface area (Å²) in [5.41, 5.74) is 8.04. The number of benzene rings is 2. The molecule has 4 nitrogen and oxygen atoms in total. The average Bonchev–Trinajstić information content (AvgIpc) is 2.89. The molecule has 20 heavy (non-hydrogen) atoms. The Morgan fingerprint density at radius 2 is 1.95 bits per heavy atom. The smallest absolute Gasteiger partial charge is 0.287 e. The number of furan rings is 1. The van der Waals surface area contributed by atoms with Gasteiger partial charge in [0.15, 0.2) is 5.76 Å². The first-order valence-electron chi connectivity index (χ1n) is 6.33. The monoisotopic (exact) mass is 266 g/mol. The molecule has 0 bridgehead atoms. The van der Waals surface area contributed by atoms with Crippen molar-refractivity contribution >= 4 is 22.6 Å². The minimum atomic E-state index is -0.233. The van der Waals surface area contributed by atoms with E-state index in [1.54, 1.807) is 6.07 Å². The lowest BCUT2D eigenvalue weighted by molar-refractivity contribution is 0.0925. The predicted octanol–water partition coefficient (Wildman–Crippen LogP) is 2.95. The summed E-state index contributed by atoms with van der Waals surface area (Å²) in [5, 5.41) is 3.73. The Kier molecular flexibility index (Phi) is 3.13. The van der Waals surface area contributed by atoms with Crippen LogP contribution in [0.4, 0.5) is 5.69 Å². The van der Waals surface area contributed by atoms with Crippen molar-refractivity contribution in [1.82, 2.24) is 5.32 Å². The molecule has 0 aliphatic heterocycles. The zero-order chi connectivity index (χ0) is 13.9. The summed E-state index contributed by atoms with van der Waals surface area (Å²) in [6.45, 7) is 0.418. The van der Waals surface area contributed by atoms with Gasteiger partial charge in [-0.1, -0.05) is 30.3 Å². The second-order valence-corrected chi connectivity index (χ2v) is 4.58. The number of hydrogen-bond donors (Lipinski definition) is 2. The Morgan fingerprint density at radius 3 is 2.75 bits per heavy atom. The third-order valence-corrected chi connectivity index (χ3v) is 3.05. The van der Waals surface area contributed by atoms with Crippen molar-refractivity contribution in [3.63, 3.8) is 0 Å². The van der Waals surface area contributed by atoms with Gasteiger partial charge in [-0.3, -0.25) is 4.79 Å². The third kappa shape index (κ3) is 2.49. The van der Waals surface area contributed by atoms with Crippen LogP contribution in [0.1, 0.15) is 16.1 Å². The van der Waals surface area contributed by atoms with Crippen LogP contribution in [0.3, 0.4) is 0 Å². The molecule has 3 aromatic rings. The number of anilines is 1. The van der Waals surface area contributed by atoms with E-state index in [2.05, 4.69) is 5.32 Å². The molecule has 0 fully saturated rings. The van der Waals surface area contributed by atoms with Crippen LogP contribution in [0.25, 0.3) is 11.0 Å². The van der Waals surface area contributed by atoms with Crippen LogP contribution in [0, 0.1) is 0 Å². The maximum absolute atomic E-state index is 12.0. The van der Waals surface area contributed by atoms with Crippen molar-refractivity contribution in [2.75, 3.05) is 5.73 Å². The Morgan fingerprint density at radius 1 is 1.10 bits per heavy atom. The zero-order valence-electron chi connectivity index (χ0n) is 10.8. The Bertz CT molecular complexity index is 729. The van der Waals surface area contributed by atoms with Gasteiger partial charge in [-0.2, -0.15) is 0 Å². The van der Waals surface area contributed by atoms with Gasteiger partial charge in [0.1, 0.15) is 5.58 Å². The Labute approximate surface area is 116 Å². The molecule has 1 amide bonds. The number of carbonyl (C=O) groups is 1. The maximum Gasteiger partial charge on any atom is 0.287 e. The first-order valence-corrected chi connectivity index (χ1v) is 6.33. The number of nitrogen functional groups attached to an aromatic ring is 1. The highest BCUT2D eigenvalue weighted by molar-refractivity contribution is 5.96. The van der Waals surface area contributed by atoms with Gasteiger partial charge in [0.25, 0.3) is 5.91 Å². The van der Waals surface area contributed by atoms with Gasteiger partial charge in [0.2, 0.25) is 0 Å². The van der Waals surface area contributed by atoms with Crippen LogP contribution in [-0.2, 0) is 6.54 Å². The van der Waals surface area contributed by atoms with Crippen LogP contribution in [0.15, 0.2) is 59.0 Å². The van der Waals surface area contributed by atoms with E-state index in [0.717, 1.165) is 10.9 Å². The summed E-state index contributed by atoms with van der Waals surface area (Å²) in [7, 11) is 0. The summed E-state index contributed by atoms with van der Waals surface area (Å²) in [6.07, 6.45) is 0. The third-order valence-electron chi connectivity index (χ3n) is 3.05. The Hall–Kier alpha value is -2.75. The molecule has 2 aromatic carbocycles. The molecule has 0 saturated carbocycles. The standard InChI is InChI=1S/C16H14N2O2/c17-13-6-3-4-11(8-13)10-18-16(19)15-9-12-5-1-2-7-14(12)20-15/h1-9H,10,17H2,(H,18,19). The van der Waals surface area contributed by atoms with Gasteiger partial charge in [-0.15, -0.1) is 0 Å². The van der Waals surface area contributed by atoms with Crippen molar-refractivity contribution < 1.29 is 9.21 Å². The fraction of sp³-hybridized carbons (Fsp3) is 0.0625. The normalized spacial score (nSPS) is 10.6. The number of carbonyl (C=O) groups excluding carboxylic acids is 1. The van der Waals surface area contributed by atoms with Gasteiger partial charge in [-0.05, 0) is 29.8 Å². The fourth-order valence-electron chi connectivity index (χ4n) is 2.07. The van der Waals surface area contributed by atoms with Gasteiger partial charge < -0.3 is 15.5 Å². The van der Waals surface area contributed by atoms with Crippen LogP contribution < -0.4 is 11.1 Å². The van der Waals surface area contributed by atoms with Gasteiger partial charge in [0.05, 0.1) is 0 Å². The van der Waals surface area contributed by atoms with Crippen LogP contribution in [0.5, 0.6) is 0 Å². The maximum atomic E-state index is 12.0. The second-order valence-electron chi connectivity index (χ2n) is 4.58. The summed E-state index contributed by atoms with van der Waals surface area (Å²) < 4.78 is 5.51. The molecule has 4 heteroatoms. The van der Waals surface area contributed by atoms with E-state index in [1.807, 2.05) is 48.5 Å². The minimum absolute atomic E-state index is 0.233. The van der Waals surface area contributed by atoms with E-state index in [9.17, 15) is 4.79 Å². The summed E-state index contributed by atoms with van der Waals surface area (Å²) in [6, 6.07) is 16.7. The number of nitrogens with two attached hydrogens (primary N) is 1. The largest absolute Gasteiger partial charge is 0.451 e.